The average molecular weight is 1100 g/mol. The second kappa shape index (κ2) is 27.5. The van der Waals surface area contributed by atoms with Crippen molar-refractivity contribution in [1.29, 1.82) is 0 Å². The van der Waals surface area contributed by atoms with E-state index >= 15 is 0 Å². The number of hydrogen-bond acceptors (Lipinski definition) is 9. The number of carboxylic acids is 1. The van der Waals surface area contributed by atoms with Gasteiger partial charge < -0.3 is 30.4 Å². The van der Waals surface area contributed by atoms with Crippen LogP contribution < -0.4 is 16.0 Å². The fourth-order valence-corrected chi connectivity index (χ4v) is 10.4. The lowest BCUT2D eigenvalue weighted by atomic mass is 9.95. The summed E-state index contributed by atoms with van der Waals surface area (Å²) in [6.07, 6.45) is 5.01. The number of amides is 5. The molecule has 80 heavy (non-hydrogen) atoms. The lowest BCUT2D eigenvalue weighted by Gasteiger charge is -2.43. The number of nitrogens with zero attached hydrogens (tertiary/aromatic N) is 5. The van der Waals surface area contributed by atoms with E-state index in [4.69, 9.17) is 0 Å². The Morgan fingerprint density at radius 1 is 0.625 bits per heavy atom. The summed E-state index contributed by atoms with van der Waals surface area (Å²) in [5, 5.41) is 24.8. The number of carbonyl (C=O) groups is 6. The van der Waals surface area contributed by atoms with E-state index in [1.54, 1.807) is 31.4 Å². The van der Waals surface area contributed by atoms with Gasteiger partial charge in [0.1, 0.15) is 24.7 Å². The molecule has 0 bridgehead atoms. The second-order valence-corrected chi connectivity index (χ2v) is 21.1. The lowest BCUT2D eigenvalue weighted by Crippen LogP contribution is -2.64. The average Bonchev–Trinajstić information content (AvgIpc) is 3.47. The van der Waals surface area contributed by atoms with Gasteiger partial charge in [0.25, 0.3) is 0 Å². The maximum absolute atomic E-state index is 14.0. The van der Waals surface area contributed by atoms with Crippen molar-refractivity contribution in [3.8, 4) is 0 Å². The van der Waals surface area contributed by atoms with Gasteiger partial charge in [-0.2, -0.15) is 0 Å². The van der Waals surface area contributed by atoms with E-state index in [0.717, 1.165) is 65.6 Å². The quantitative estimate of drug-likeness (QED) is 0.0573. The third-order valence-electron chi connectivity index (χ3n) is 14.5. The molecule has 9 rings (SSSR count). The Hall–Kier alpha value is -8.27. The van der Waals surface area contributed by atoms with E-state index in [1.165, 1.54) is 9.80 Å². The number of fused-ring (bicyclic) bond motifs is 4. The highest BCUT2D eigenvalue weighted by molar-refractivity contribution is 5.98. The summed E-state index contributed by atoms with van der Waals surface area (Å²) in [5.74, 6) is -2.03. The zero-order chi connectivity index (χ0) is 56.2. The van der Waals surface area contributed by atoms with Gasteiger partial charge in [0.05, 0.1) is 23.6 Å². The molecule has 4 N–H and O–H groups in total. The van der Waals surface area contributed by atoms with Crippen LogP contribution in [-0.2, 0) is 54.7 Å². The van der Waals surface area contributed by atoms with Crippen LogP contribution in [0.5, 0.6) is 0 Å². The third kappa shape index (κ3) is 14.9. The number of aromatic nitrogens is 2. The van der Waals surface area contributed by atoms with Crippen molar-refractivity contribution in [3.63, 3.8) is 0 Å². The summed E-state index contributed by atoms with van der Waals surface area (Å²) in [6.45, 7) is 8.11. The van der Waals surface area contributed by atoms with Crippen molar-refractivity contribution >= 4 is 91.3 Å². The summed E-state index contributed by atoms with van der Waals surface area (Å²) in [6, 6.07) is 44.3. The number of halogens is 1. The van der Waals surface area contributed by atoms with Crippen LogP contribution in [-0.4, -0.2) is 117 Å². The van der Waals surface area contributed by atoms with E-state index in [0.29, 0.717) is 32.2 Å². The minimum atomic E-state index is -1.05. The summed E-state index contributed by atoms with van der Waals surface area (Å²) < 4.78 is 0. The largest absolute Gasteiger partial charge is 0.480 e. The van der Waals surface area contributed by atoms with Crippen LogP contribution >= 0.6 is 12.4 Å². The Bertz CT molecular complexity index is 3500. The number of benzene rings is 6. The number of likely N-dealkylation sites (N-methyl/N-ethyl adjacent to an activating group) is 2. The predicted octanol–water partition coefficient (Wildman–Crippen LogP) is 8.92. The molecule has 6 aromatic carbocycles. The number of pyridine rings is 2. The van der Waals surface area contributed by atoms with Crippen molar-refractivity contribution < 1.29 is 33.9 Å². The molecule has 0 radical (unpaired) electrons. The molecule has 8 aromatic rings. The number of carboxylic acid groups (broad SMARTS) is 1. The first-order valence-corrected chi connectivity index (χ1v) is 27.0. The van der Waals surface area contributed by atoms with Gasteiger partial charge >= 0.3 is 5.97 Å². The normalized spacial score (nSPS) is 14.6. The molecule has 1 aliphatic rings. The highest BCUT2D eigenvalue weighted by atomic mass is 35.5. The summed E-state index contributed by atoms with van der Waals surface area (Å²) in [4.78, 5) is 92.8. The van der Waals surface area contributed by atoms with Crippen molar-refractivity contribution in [3.05, 3.63) is 180 Å². The van der Waals surface area contributed by atoms with Crippen molar-refractivity contribution in [1.82, 2.24) is 40.6 Å². The molecule has 3 heterocycles. The SMILES string of the molecule is CNC(=O)[C@H](Cc1ccc2ccccc2c1)N1CC(=O)N(Cc2ccc3ncccc3c2)[C@@H](CC(C)C)C1=O.CNC(=O)[C@H](Cc1ccc2ccccc2c1)NCC(=O)N(Cc1ccc2ncccc2c1)[C@@H](CC(C)C)C(=O)O.Cl. The molecule has 1 saturated heterocycles. The molecule has 0 unspecified atom stereocenters. The molecule has 0 aliphatic carbocycles. The minimum Gasteiger partial charge on any atom is -0.480 e. The maximum Gasteiger partial charge on any atom is 0.326 e. The fourth-order valence-electron chi connectivity index (χ4n) is 10.4. The Labute approximate surface area is 473 Å². The van der Waals surface area contributed by atoms with E-state index in [-0.39, 0.29) is 73.4 Å². The minimum absolute atomic E-state index is 0. The van der Waals surface area contributed by atoms with Crippen LogP contribution in [0, 0.1) is 11.8 Å². The number of hydrogen-bond donors (Lipinski definition) is 4. The standard InChI is InChI=1S/C32H36N4O4.C32H34N4O3.ClH/c1-21(2)15-29(32(39)40)36(20-23-11-13-27-26(17-23)9-6-14-34-27)30(37)19-35-28(31(38)33-3)18-22-10-12-24-7-4-5-8-25(24)16-22;1-21(2)15-29-32(39)36(20-30(37)35(29)19-23-11-13-27-26(17-23)9-6-14-34-27)28(31(38)33-3)18-22-10-12-24-7-4-5-8-25(24)16-22;/h4-14,16-17,21,28-29,35H,15,18-20H2,1-3H3,(H,33,38)(H,39,40);4-14,16-17,21,28-29H,15,18-20H2,1-3H3,(H,33,38);1H/t2*28-,29-;/m00./s1. The molecule has 16 heteroatoms. The summed E-state index contributed by atoms with van der Waals surface area (Å²) in [5.41, 5.74) is 5.35. The zero-order valence-electron chi connectivity index (χ0n) is 46.2. The Balaban J connectivity index is 0.000000228. The van der Waals surface area contributed by atoms with Crippen LogP contribution in [0.15, 0.2) is 158 Å². The van der Waals surface area contributed by atoms with Crippen LogP contribution in [0.3, 0.4) is 0 Å². The smallest absolute Gasteiger partial charge is 0.326 e. The maximum atomic E-state index is 14.0. The highest BCUT2D eigenvalue weighted by Crippen LogP contribution is 2.27. The molecule has 15 nitrogen and oxygen atoms in total. The first kappa shape index (κ1) is 59.4. The molecule has 5 amide bonds. The van der Waals surface area contributed by atoms with Gasteiger partial charge in [0.2, 0.25) is 29.5 Å². The summed E-state index contributed by atoms with van der Waals surface area (Å²) >= 11 is 0. The van der Waals surface area contributed by atoms with Crippen LogP contribution in [0.25, 0.3) is 43.4 Å². The molecular weight excluding hydrogens is 1030 g/mol. The fraction of sp³-hybridized carbons (Fsp3) is 0.312. The first-order valence-electron chi connectivity index (χ1n) is 27.0. The molecular formula is C64H71ClN8O7. The molecule has 0 spiro atoms. The third-order valence-corrected chi connectivity index (χ3v) is 14.5. The molecule has 1 fully saturated rings. The van der Waals surface area contributed by atoms with E-state index < -0.39 is 30.1 Å². The van der Waals surface area contributed by atoms with Gasteiger partial charge in [0, 0.05) is 56.8 Å². The van der Waals surface area contributed by atoms with Crippen molar-refractivity contribution in [2.75, 3.05) is 27.2 Å². The lowest BCUT2D eigenvalue weighted by molar-refractivity contribution is -0.161. The molecule has 2 aromatic heterocycles. The van der Waals surface area contributed by atoms with Crippen LogP contribution in [0.1, 0.15) is 62.8 Å². The van der Waals surface area contributed by atoms with Gasteiger partial charge in [-0.05, 0) is 111 Å². The number of piperazine rings is 1. The monoisotopic (exact) mass is 1100 g/mol. The Morgan fingerprint density at radius 2 is 1.14 bits per heavy atom. The summed E-state index contributed by atoms with van der Waals surface area (Å²) in [7, 11) is 3.13. The molecule has 1 aliphatic heterocycles. The van der Waals surface area contributed by atoms with Crippen molar-refractivity contribution in [2.45, 2.75) is 90.6 Å². The van der Waals surface area contributed by atoms with E-state index in [9.17, 15) is 33.9 Å². The number of nitrogens with one attached hydrogen (secondary N) is 3. The van der Waals surface area contributed by atoms with Gasteiger partial charge in [-0.25, -0.2) is 4.79 Å². The highest BCUT2D eigenvalue weighted by Gasteiger charge is 2.44. The molecule has 4 atom stereocenters. The van der Waals surface area contributed by atoms with Crippen LogP contribution in [0.2, 0.25) is 0 Å². The van der Waals surface area contributed by atoms with E-state index in [1.807, 2.05) is 173 Å². The number of carbonyl (C=O) groups excluding carboxylic acids is 5. The Morgan fingerprint density at radius 3 is 1.69 bits per heavy atom. The molecule has 0 saturated carbocycles. The topological polar surface area (TPSA) is 194 Å². The van der Waals surface area contributed by atoms with Gasteiger partial charge in [0.15, 0.2) is 0 Å². The second-order valence-electron chi connectivity index (χ2n) is 21.1. The van der Waals surface area contributed by atoms with Crippen molar-refractivity contribution in [2.24, 2.45) is 11.8 Å². The predicted molar refractivity (Wildman–Crippen MR) is 317 cm³/mol. The zero-order valence-corrected chi connectivity index (χ0v) is 47.0. The number of aliphatic carboxylic acids is 1. The Kier molecular flexibility index (Phi) is 20.5. The number of rotatable bonds is 20. The van der Waals surface area contributed by atoms with Gasteiger partial charge in [-0.1, -0.05) is 137 Å². The first-order chi connectivity index (χ1) is 38.1. The van der Waals surface area contributed by atoms with Gasteiger partial charge in [-0.3, -0.25) is 39.3 Å². The van der Waals surface area contributed by atoms with Gasteiger partial charge in [-0.15, -0.1) is 12.4 Å². The molecule has 416 valence electrons. The van der Waals surface area contributed by atoms with E-state index in [2.05, 4.69) is 25.9 Å². The van der Waals surface area contributed by atoms with Crippen LogP contribution in [0.4, 0.5) is 0 Å².